The molecule has 0 aliphatic carbocycles. The van der Waals surface area contributed by atoms with Crippen LogP contribution in [0.4, 0.5) is 32.0 Å². The van der Waals surface area contributed by atoms with Gasteiger partial charge in [-0.3, -0.25) is 9.59 Å². The molecule has 0 spiro atoms. The third kappa shape index (κ3) is 4.52. The highest BCUT2D eigenvalue weighted by molar-refractivity contribution is 5.97. The Labute approximate surface area is 161 Å². The summed E-state index contributed by atoms with van der Waals surface area (Å²) in [5, 5.41) is 2.11. The normalized spacial score (nSPS) is 17.0. The number of nitrogens with one attached hydrogen (secondary N) is 1. The molecule has 29 heavy (non-hydrogen) atoms. The Morgan fingerprint density at radius 2 is 1.83 bits per heavy atom. The second-order valence-corrected chi connectivity index (χ2v) is 6.59. The topological polar surface area (TPSA) is 49.4 Å². The molecule has 154 valence electrons. The molecule has 1 aliphatic rings. The van der Waals surface area contributed by atoms with Gasteiger partial charge >= 0.3 is 6.18 Å². The van der Waals surface area contributed by atoms with Gasteiger partial charge in [0, 0.05) is 19.5 Å². The molecule has 1 heterocycles. The van der Waals surface area contributed by atoms with Gasteiger partial charge in [0.1, 0.15) is 0 Å². The monoisotopic (exact) mass is 416 g/mol. The van der Waals surface area contributed by atoms with Gasteiger partial charge in [0.15, 0.2) is 17.5 Å². The minimum Gasteiger partial charge on any atom is -0.338 e. The van der Waals surface area contributed by atoms with Crippen molar-refractivity contribution in [2.75, 3.05) is 11.9 Å². The summed E-state index contributed by atoms with van der Waals surface area (Å²) in [7, 11) is 0. The number of amides is 2. The fourth-order valence-corrected chi connectivity index (χ4v) is 3.02. The van der Waals surface area contributed by atoms with Crippen LogP contribution < -0.4 is 5.32 Å². The average Bonchev–Trinajstić information content (AvgIpc) is 3.02. The van der Waals surface area contributed by atoms with E-state index in [1.54, 1.807) is 0 Å². The molecule has 3 rings (SSSR count). The fraction of sp³-hybridized carbons (Fsp3) is 0.263. The van der Waals surface area contributed by atoms with E-state index < -0.39 is 52.6 Å². The van der Waals surface area contributed by atoms with E-state index in [4.69, 9.17) is 0 Å². The largest absolute Gasteiger partial charge is 0.416 e. The third-order valence-electron chi connectivity index (χ3n) is 4.51. The minimum absolute atomic E-state index is 0.105. The maximum absolute atomic E-state index is 13.7. The predicted molar refractivity (Wildman–Crippen MR) is 89.9 cm³/mol. The van der Waals surface area contributed by atoms with Gasteiger partial charge in [0.25, 0.3) is 0 Å². The molecule has 2 amide bonds. The molecule has 2 aromatic carbocycles. The Morgan fingerprint density at radius 3 is 2.52 bits per heavy atom. The molecular weight excluding hydrogens is 402 g/mol. The van der Waals surface area contributed by atoms with E-state index in [9.17, 15) is 35.9 Å². The first-order chi connectivity index (χ1) is 13.6. The van der Waals surface area contributed by atoms with Crippen LogP contribution in [0.1, 0.15) is 17.5 Å². The maximum Gasteiger partial charge on any atom is 0.416 e. The van der Waals surface area contributed by atoms with E-state index in [0.29, 0.717) is 6.07 Å². The first-order valence-electron chi connectivity index (χ1n) is 8.44. The SMILES string of the molecule is O=C(Nc1ccc(F)c(F)c1F)C1CC(=O)N(Cc2cccc(C(F)(F)F)c2)C1. The average molecular weight is 416 g/mol. The quantitative estimate of drug-likeness (QED) is 0.603. The molecule has 1 saturated heterocycles. The van der Waals surface area contributed by atoms with Crippen LogP contribution in [0.25, 0.3) is 0 Å². The predicted octanol–water partition coefficient (Wildman–Crippen LogP) is 4.11. The van der Waals surface area contributed by atoms with Gasteiger partial charge in [-0.2, -0.15) is 13.2 Å². The summed E-state index contributed by atoms with van der Waals surface area (Å²) in [5.41, 5.74) is -1.19. The number of likely N-dealkylation sites (tertiary alicyclic amines) is 1. The van der Waals surface area contributed by atoms with Gasteiger partial charge in [0.2, 0.25) is 11.8 Å². The first kappa shape index (κ1) is 20.7. The van der Waals surface area contributed by atoms with Crippen molar-refractivity contribution in [2.45, 2.75) is 19.1 Å². The van der Waals surface area contributed by atoms with Crippen LogP contribution >= 0.6 is 0 Å². The van der Waals surface area contributed by atoms with Crippen LogP contribution in [0.3, 0.4) is 0 Å². The summed E-state index contributed by atoms with van der Waals surface area (Å²) in [6.07, 6.45) is -4.77. The molecule has 0 saturated carbocycles. The Kier molecular flexibility index (Phi) is 5.54. The number of carbonyl (C=O) groups excluding carboxylic acids is 2. The molecule has 4 nitrogen and oxygen atoms in total. The zero-order valence-corrected chi connectivity index (χ0v) is 14.7. The van der Waals surface area contributed by atoms with Crippen molar-refractivity contribution >= 4 is 17.5 Å². The van der Waals surface area contributed by atoms with Crippen LogP contribution in [0.15, 0.2) is 36.4 Å². The zero-order chi connectivity index (χ0) is 21.3. The molecule has 10 heteroatoms. The summed E-state index contributed by atoms with van der Waals surface area (Å²) in [6, 6.07) is 5.96. The zero-order valence-electron chi connectivity index (χ0n) is 14.7. The van der Waals surface area contributed by atoms with Crippen molar-refractivity contribution in [3.8, 4) is 0 Å². The van der Waals surface area contributed by atoms with Crippen molar-refractivity contribution in [1.29, 1.82) is 0 Å². The standard InChI is InChI=1S/C19H14F6N2O2/c20-13-4-5-14(17(22)16(13)21)26-18(29)11-7-15(28)27(9-11)8-10-2-1-3-12(6-10)19(23,24)25/h1-6,11H,7-9H2,(H,26,29). The molecule has 1 aliphatic heterocycles. The summed E-state index contributed by atoms with van der Waals surface area (Å²) in [5.74, 6) is -6.88. The number of alkyl halides is 3. The van der Waals surface area contributed by atoms with Gasteiger partial charge in [-0.1, -0.05) is 12.1 Å². The van der Waals surface area contributed by atoms with Gasteiger partial charge in [0.05, 0.1) is 17.2 Å². The molecule has 0 radical (unpaired) electrons. The highest BCUT2D eigenvalue weighted by atomic mass is 19.4. The lowest BCUT2D eigenvalue weighted by Gasteiger charge is -2.18. The number of carbonyl (C=O) groups is 2. The highest BCUT2D eigenvalue weighted by Crippen LogP contribution is 2.30. The molecule has 1 fully saturated rings. The molecule has 2 aromatic rings. The van der Waals surface area contributed by atoms with E-state index in [0.717, 1.165) is 18.2 Å². The molecule has 1 N–H and O–H groups in total. The van der Waals surface area contributed by atoms with Gasteiger partial charge < -0.3 is 10.2 Å². The number of nitrogens with zero attached hydrogens (tertiary/aromatic N) is 1. The van der Waals surface area contributed by atoms with Gasteiger partial charge in [-0.05, 0) is 29.8 Å². The Hall–Kier alpha value is -3.04. The second kappa shape index (κ2) is 7.76. The van der Waals surface area contributed by atoms with Crippen LogP contribution in [0.2, 0.25) is 0 Å². The molecular formula is C19H14F6N2O2. The number of halogens is 6. The Morgan fingerprint density at radius 1 is 1.10 bits per heavy atom. The number of anilines is 1. The molecule has 1 unspecified atom stereocenters. The Balaban J connectivity index is 1.67. The van der Waals surface area contributed by atoms with Crippen LogP contribution in [-0.2, 0) is 22.3 Å². The molecule has 0 bridgehead atoms. The maximum atomic E-state index is 13.7. The van der Waals surface area contributed by atoms with Crippen LogP contribution in [0, 0.1) is 23.4 Å². The van der Waals surface area contributed by atoms with Crippen molar-refractivity contribution < 1.29 is 35.9 Å². The van der Waals surface area contributed by atoms with Gasteiger partial charge in [-0.15, -0.1) is 0 Å². The molecule has 1 atom stereocenters. The van der Waals surface area contributed by atoms with Crippen molar-refractivity contribution in [1.82, 2.24) is 4.90 Å². The van der Waals surface area contributed by atoms with E-state index in [-0.39, 0.29) is 25.1 Å². The lowest BCUT2D eigenvalue weighted by atomic mass is 10.1. The smallest absolute Gasteiger partial charge is 0.338 e. The summed E-state index contributed by atoms with van der Waals surface area (Å²) < 4.78 is 78.3. The van der Waals surface area contributed by atoms with Crippen molar-refractivity contribution in [3.05, 3.63) is 65.0 Å². The van der Waals surface area contributed by atoms with Crippen LogP contribution in [-0.4, -0.2) is 23.3 Å². The number of rotatable bonds is 4. The van der Waals surface area contributed by atoms with E-state index in [1.165, 1.54) is 17.0 Å². The number of hydrogen-bond donors (Lipinski definition) is 1. The summed E-state index contributed by atoms with van der Waals surface area (Å²) in [6.45, 7) is -0.238. The Bertz CT molecular complexity index is 960. The van der Waals surface area contributed by atoms with Crippen LogP contribution in [0.5, 0.6) is 0 Å². The minimum atomic E-state index is -4.53. The fourth-order valence-electron chi connectivity index (χ4n) is 3.02. The lowest BCUT2D eigenvalue weighted by Crippen LogP contribution is -2.28. The first-order valence-corrected chi connectivity index (χ1v) is 8.44. The molecule has 0 aromatic heterocycles. The number of benzene rings is 2. The second-order valence-electron chi connectivity index (χ2n) is 6.59. The number of hydrogen-bond acceptors (Lipinski definition) is 2. The summed E-state index contributed by atoms with van der Waals surface area (Å²) in [4.78, 5) is 25.6. The lowest BCUT2D eigenvalue weighted by molar-refractivity contribution is -0.137. The van der Waals surface area contributed by atoms with Gasteiger partial charge in [-0.25, -0.2) is 13.2 Å². The summed E-state index contributed by atoms with van der Waals surface area (Å²) >= 11 is 0. The highest BCUT2D eigenvalue weighted by Gasteiger charge is 2.35. The van der Waals surface area contributed by atoms with E-state index >= 15 is 0 Å². The van der Waals surface area contributed by atoms with Crippen molar-refractivity contribution in [2.24, 2.45) is 5.92 Å². The van der Waals surface area contributed by atoms with E-state index in [1.807, 2.05) is 0 Å². The third-order valence-corrected chi connectivity index (χ3v) is 4.51. The van der Waals surface area contributed by atoms with Crippen molar-refractivity contribution in [3.63, 3.8) is 0 Å². The van der Waals surface area contributed by atoms with E-state index in [2.05, 4.69) is 5.32 Å².